The van der Waals surface area contributed by atoms with Crippen molar-refractivity contribution in [3.8, 4) is 5.75 Å². The van der Waals surface area contributed by atoms with Gasteiger partial charge in [0.25, 0.3) is 5.69 Å². The van der Waals surface area contributed by atoms with Gasteiger partial charge in [-0.05, 0) is 38.1 Å². The third kappa shape index (κ3) is 3.58. The second-order valence-corrected chi connectivity index (χ2v) is 8.23. The molecule has 2 heterocycles. The molecule has 2 aromatic carbocycles. The number of nitro groups is 1. The molecule has 0 unspecified atom stereocenters. The molecule has 0 aromatic heterocycles. The Labute approximate surface area is 175 Å². The largest absolute Gasteiger partial charge is 0.485 e. The van der Waals surface area contributed by atoms with Crippen LogP contribution in [0.3, 0.4) is 0 Å². The molecule has 8 heteroatoms. The molecular formula is C22H24N4O4. The van der Waals surface area contributed by atoms with Gasteiger partial charge in [-0.1, -0.05) is 6.07 Å². The molecule has 2 aliphatic rings. The zero-order chi connectivity index (χ0) is 21.5. The monoisotopic (exact) mass is 408 g/mol. The van der Waals surface area contributed by atoms with Gasteiger partial charge in [0.1, 0.15) is 17.5 Å². The van der Waals surface area contributed by atoms with Gasteiger partial charge in [-0.2, -0.15) is 0 Å². The maximum absolute atomic E-state index is 11.1. The van der Waals surface area contributed by atoms with Crippen LogP contribution in [0.5, 0.6) is 5.75 Å². The zero-order valence-electron chi connectivity index (χ0n) is 17.0. The molecule has 0 spiro atoms. The number of piperazine rings is 1. The Morgan fingerprint density at radius 1 is 1.17 bits per heavy atom. The quantitative estimate of drug-likeness (QED) is 0.475. The third-order valence-corrected chi connectivity index (χ3v) is 5.96. The number of hydrogen-bond donors (Lipinski definition) is 1. The summed E-state index contributed by atoms with van der Waals surface area (Å²) in [5.41, 5.74) is 1.66. The van der Waals surface area contributed by atoms with E-state index in [1.165, 1.54) is 12.1 Å². The molecule has 2 aliphatic heterocycles. The number of fused-ring (bicyclic) bond motifs is 1. The standard InChI is InChI=1S/C22H24N4O4/c1-22(2)21(27)20(18-14-15(23-3)4-9-19(18)30-22)25-12-10-24(11-13-25)16-5-7-17(8-6-16)26(28)29/h4-9,14,20-21,27H,10-13H2,1-2H3/t20-,21+/m1/s1. The zero-order valence-corrected chi connectivity index (χ0v) is 17.0. The first-order valence-electron chi connectivity index (χ1n) is 9.92. The first-order chi connectivity index (χ1) is 14.3. The van der Waals surface area contributed by atoms with Crippen molar-refractivity contribution in [1.29, 1.82) is 0 Å². The number of aliphatic hydroxyl groups excluding tert-OH is 1. The Kier molecular flexibility index (Phi) is 5.10. The fourth-order valence-corrected chi connectivity index (χ4v) is 4.26. The van der Waals surface area contributed by atoms with Crippen LogP contribution in [0.2, 0.25) is 0 Å². The molecule has 156 valence electrons. The molecule has 1 saturated heterocycles. The number of nitrogens with zero attached hydrogens (tertiary/aromatic N) is 4. The normalized spacial score (nSPS) is 23.2. The summed E-state index contributed by atoms with van der Waals surface area (Å²) in [6.07, 6.45) is -0.739. The average molecular weight is 408 g/mol. The number of aliphatic hydroxyl groups is 1. The van der Waals surface area contributed by atoms with Crippen molar-refractivity contribution in [1.82, 2.24) is 4.90 Å². The van der Waals surface area contributed by atoms with E-state index < -0.39 is 16.6 Å². The predicted octanol–water partition coefficient (Wildman–Crippen LogP) is 3.54. The van der Waals surface area contributed by atoms with E-state index in [1.54, 1.807) is 18.2 Å². The molecule has 0 aliphatic carbocycles. The van der Waals surface area contributed by atoms with Crippen LogP contribution in [0.25, 0.3) is 4.85 Å². The molecule has 1 fully saturated rings. The van der Waals surface area contributed by atoms with E-state index in [1.807, 2.05) is 26.0 Å². The fraction of sp³-hybridized carbons (Fsp3) is 0.409. The van der Waals surface area contributed by atoms with Gasteiger partial charge >= 0.3 is 0 Å². The first-order valence-corrected chi connectivity index (χ1v) is 9.92. The molecule has 2 atom stereocenters. The molecule has 1 N–H and O–H groups in total. The highest BCUT2D eigenvalue weighted by molar-refractivity contribution is 5.55. The average Bonchev–Trinajstić information content (AvgIpc) is 2.74. The summed E-state index contributed by atoms with van der Waals surface area (Å²) >= 11 is 0. The Hall–Kier alpha value is -3.15. The van der Waals surface area contributed by atoms with Crippen molar-refractivity contribution >= 4 is 17.1 Å². The van der Waals surface area contributed by atoms with Gasteiger partial charge in [0, 0.05) is 49.6 Å². The maximum Gasteiger partial charge on any atom is 0.269 e. The lowest BCUT2D eigenvalue weighted by Crippen LogP contribution is -2.57. The highest BCUT2D eigenvalue weighted by Crippen LogP contribution is 2.44. The van der Waals surface area contributed by atoms with Crippen molar-refractivity contribution in [3.63, 3.8) is 0 Å². The van der Waals surface area contributed by atoms with Crippen LogP contribution >= 0.6 is 0 Å². The molecule has 2 aromatic rings. The number of benzene rings is 2. The second-order valence-electron chi connectivity index (χ2n) is 8.23. The van der Waals surface area contributed by atoms with Crippen LogP contribution < -0.4 is 9.64 Å². The summed E-state index contributed by atoms with van der Waals surface area (Å²) in [7, 11) is 0. The molecular weight excluding hydrogens is 384 g/mol. The first kappa shape index (κ1) is 20.1. The van der Waals surface area contributed by atoms with Crippen LogP contribution in [0, 0.1) is 16.7 Å². The fourth-order valence-electron chi connectivity index (χ4n) is 4.26. The molecule has 8 nitrogen and oxygen atoms in total. The predicted molar refractivity (Wildman–Crippen MR) is 113 cm³/mol. The lowest BCUT2D eigenvalue weighted by molar-refractivity contribution is -0.384. The van der Waals surface area contributed by atoms with Gasteiger partial charge in [-0.3, -0.25) is 15.0 Å². The van der Waals surface area contributed by atoms with Crippen molar-refractivity contribution in [2.45, 2.75) is 31.6 Å². The summed E-state index contributed by atoms with van der Waals surface area (Å²) in [4.78, 5) is 18.4. The van der Waals surface area contributed by atoms with E-state index in [-0.39, 0.29) is 11.7 Å². The Morgan fingerprint density at radius 3 is 2.43 bits per heavy atom. The van der Waals surface area contributed by atoms with Crippen LogP contribution in [-0.4, -0.2) is 52.8 Å². The summed E-state index contributed by atoms with van der Waals surface area (Å²) in [5.74, 6) is 0.709. The van der Waals surface area contributed by atoms with Crippen molar-refractivity contribution in [3.05, 3.63) is 69.6 Å². The van der Waals surface area contributed by atoms with Crippen LogP contribution in [0.4, 0.5) is 17.1 Å². The van der Waals surface area contributed by atoms with Crippen LogP contribution in [-0.2, 0) is 0 Å². The molecule has 30 heavy (non-hydrogen) atoms. The minimum absolute atomic E-state index is 0.0807. The van der Waals surface area contributed by atoms with Crippen molar-refractivity contribution in [2.75, 3.05) is 31.1 Å². The maximum atomic E-state index is 11.1. The van der Waals surface area contributed by atoms with Gasteiger partial charge in [0.15, 0.2) is 5.69 Å². The Morgan fingerprint density at radius 2 is 1.83 bits per heavy atom. The van der Waals surface area contributed by atoms with Gasteiger partial charge < -0.3 is 14.7 Å². The van der Waals surface area contributed by atoms with Gasteiger partial charge in [0.2, 0.25) is 0 Å². The molecule has 4 rings (SSSR count). The lowest BCUT2D eigenvalue weighted by atomic mass is 9.85. The topological polar surface area (TPSA) is 83.4 Å². The second kappa shape index (κ2) is 7.59. The van der Waals surface area contributed by atoms with E-state index in [0.29, 0.717) is 11.4 Å². The molecule has 0 amide bonds. The van der Waals surface area contributed by atoms with E-state index in [0.717, 1.165) is 37.4 Å². The molecule has 0 saturated carbocycles. The number of rotatable bonds is 3. The minimum atomic E-state index is -0.743. The highest BCUT2D eigenvalue weighted by Gasteiger charge is 2.45. The van der Waals surface area contributed by atoms with E-state index in [9.17, 15) is 15.2 Å². The van der Waals surface area contributed by atoms with Crippen molar-refractivity contribution in [2.24, 2.45) is 0 Å². The number of anilines is 1. The van der Waals surface area contributed by atoms with E-state index >= 15 is 0 Å². The van der Waals surface area contributed by atoms with Gasteiger partial charge in [-0.25, -0.2) is 4.85 Å². The SMILES string of the molecule is [C-]#[N+]c1ccc2c(c1)[C@@H](N1CCN(c3ccc([N+](=O)[O-])cc3)CC1)[C@H](O)C(C)(C)O2. The van der Waals surface area contributed by atoms with E-state index in [2.05, 4.69) is 14.6 Å². The number of nitro benzene ring substituents is 1. The number of hydrogen-bond acceptors (Lipinski definition) is 6. The Balaban J connectivity index is 1.55. The minimum Gasteiger partial charge on any atom is -0.485 e. The summed E-state index contributed by atoms with van der Waals surface area (Å²) in [6.45, 7) is 14.0. The van der Waals surface area contributed by atoms with Crippen LogP contribution in [0.15, 0.2) is 42.5 Å². The summed E-state index contributed by atoms with van der Waals surface area (Å²) < 4.78 is 6.03. The van der Waals surface area contributed by atoms with Gasteiger partial charge in [-0.15, -0.1) is 0 Å². The Bertz CT molecular complexity index is 991. The summed E-state index contributed by atoms with van der Waals surface area (Å²) in [5, 5.41) is 22.0. The molecule has 0 bridgehead atoms. The van der Waals surface area contributed by atoms with Crippen molar-refractivity contribution < 1.29 is 14.8 Å². The smallest absolute Gasteiger partial charge is 0.269 e. The highest BCUT2D eigenvalue weighted by atomic mass is 16.6. The third-order valence-electron chi connectivity index (χ3n) is 5.96. The number of non-ortho nitro benzene ring substituents is 1. The van der Waals surface area contributed by atoms with Crippen LogP contribution in [0.1, 0.15) is 25.5 Å². The van der Waals surface area contributed by atoms with Gasteiger partial charge in [0.05, 0.1) is 17.5 Å². The lowest BCUT2D eigenvalue weighted by Gasteiger charge is -2.48. The summed E-state index contributed by atoms with van der Waals surface area (Å²) in [6, 6.07) is 11.7. The number of ether oxygens (including phenoxy) is 1. The van der Waals surface area contributed by atoms with E-state index in [4.69, 9.17) is 11.3 Å². The molecule has 0 radical (unpaired) electrons.